The number of ether oxygens (including phenoxy) is 1. The van der Waals surface area contributed by atoms with Crippen molar-refractivity contribution in [3.63, 3.8) is 0 Å². The highest BCUT2D eigenvalue weighted by Gasteiger charge is 2.29. The predicted molar refractivity (Wildman–Crippen MR) is 66.6 cm³/mol. The zero-order valence-corrected chi connectivity index (χ0v) is 11.1. The van der Waals surface area contributed by atoms with Gasteiger partial charge in [0.25, 0.3) is 5.82 Å². The van der Waals surface area contributed by atoms with Gasteiger partial charge in [-0.1, -0.05) is 12.1 Å². The number of aromatic amines is 1. The third-order valence-corrected chi connectivity index (χ3v) is 2.64. The van der Waals surface area contributed by atoms with Crippen LogP contribution in [0.5, 0.6) is 0 Å². The quantitative estimate of drug-likeness (QED) is 0.881. The molecular formula is C13H12F3N3O2. The van der Waals surface area contributed by atoms with Crippen molar-refractivity contribution in [1.29, 1.82) is 0 Å². The summed E-state index contributed by atoms with van der Waals surface area (Å²) in [5.74, 6) is -0.371. The Labute approximate surface area is 118 Å². The number of aromatic nitrogens is 3. The smallest absolute Gasteiger partial charge is 0.416 e. The number of rotatable bonds is 4. The summed E-state index contributed by atoms with van der Waals surface area (Å²) in [6.45, 7) is 1.87. The van der Waals surface area contributed by atoms with Crippen LogP contribution in [0.1, 0.15) is 34.5 Å². The average molecular weight is 299 g/mol. The molecule has 5 nitrogen and oxygen atoms in total. The van der Waals surface area contributed by atoms with E-state index >= 15 is 0 Å². The lowest BCUT2D eigenvalue weighted by Gasteiger charge is -2.06. The Kier molecular flexibility index (Phi) is 4.25. The van der Waals surface area contributed by atoms with Gasteiger partial charge in [0, 0.05) is 6.42 Å². The van der Waals surface area contributed by atoms with Gasteiger partial charge >= 0.3 is 12.1 Å². The number of carbonyl (C=O) groups is 1. The van der Waals surface area contributed by atoms with Crippen molar-refractivity contribution in [2.24, 2.45) is 0 Å². The number of alkyl halides is 3. The molecule has 2 rings (SSSR count). The maximum Gasteiger partial charge on any atom is 0.416 e. The summed E-state index contributed by atoms with van der Waals surface area (Å²) in [4.78, 5) is 15.3. The second-order valence-corrected chi connectivity index (χ2v) is 4.20. The number of hydrogen-bond donors (Lipinski definition) is 1. The minimum Gasteiger partial charge on any atom is -0.460 e. The fraction of sp³-hybridized carbons (Fsp3) is 0.308. The molecule has 1 aromatic carbocycles. The summed E-state index contributed by atoms with van der Waals surface area (Å²) in [5, 5.41) is 6.25. The van der Waals surface area contributed by atoms with Crippen molar-refractivity contribution in [3.05, 3.63) is 47.0 Å². The van der Waals surface area contributed by atoms with Crippen LogP contribution >= 0.6 is 0 Å². The van der Waals surface area contributed by atoms with Gasteiger partial charge in [-0.25, -0.2) is 9.78 Å². The molecule has 2 aromatic rings. The van der Waals surface area contributed by atoms with Gasteiger partial charge in [0.15, 0.2) is 0 Å². The second-order valence-electron chi connectivity index (χ2n) is 4.20. The van der Waals surface area contributed by atoms with Crippen molar-refractivity contribution in [2.45, 2.75) is 19.5 Å². The van der Waals surface area contributed by atoms with E-state index in [0.29, 0.717) is 11.4 Å². The van der Waals surface area contributed by atoms with E-state index in [-0.39, 0.29) is 18.9 Å². The molecule has 0 amide bonds. The van der Waals surface area contributed by atoms with E-state index < -0.39 is 17.7 Å². The molecule has 21 heavy (non-hydrogen) atoms. The monoisotopic (exact) mass is 299 g/mol. The number of esters is 1. The zero-order valence-electron chi connectivity index (χ0n) is 11.1. The molecule has 1 aromatic heterocycles. The van der Waals surface area contributed by atoms with Gasteiger partial charge in [0.1, 0.15) is 5.82 Å². The van der Waals surface area contributed by atoms with E-state index in [4.69, 9.17) is 4.74 Å². The molecule has 0 radical (unpaired) electrons. The van der Waals surface area contributed by atoms with Gasteiger partial charge in [-0.15, -0.1) is 5.10 Å². The molecule has 0 saturated carbocycles. The third kappa shape index (κ3) is 3.80. The Bertz CT molecular complexity index is 620. The van der Waals surface area contributed by atoms with Crippen molar-refractivity contribution in [1.82, 2.24) is 15.2 Å². The summed E-state index contributed by atoms with van der Waals surface area (Å²) in [5.41, 5.74) is -0.0920. The van der Waals surface area contributed by atoms with Crippen molar-refractivity contribution in [3.8, 4) is 0 Å². The van der Waals surface area contributed by atoms with Gasteiger partial charge < -0.3 is 4.74 Å². The van der Waals surface area contributed by atoms with E-state index in [1.807, 2.05) is 0 Å². The first-order valence-electron chi connectivity index (χ1n) is 6.14. The molecule has 1 N–H and O–H groups in total. The van der Waals surface area contributed by atoms with Gasteiger partial charge in [-0.3, -0.25) is 5.10 Å². The predicted octanol–water partition coefficient (Wildman–Crippen LogP) is 2.59. The van der Waals surface area contributed by atoms with E-state index in [1.54, 1.807) is 6.92 Å². The first kappa shape index (κ1) is 15.0. The maximum absolute atomic E-state index is 12.4. The first-order chi connectivity index (χ1) is 9.90. The summed E-state index contributed by atoms with van der Waals surface area (Å²) in [7, 11) is 0. The van der Waals surface area contributed by atoms with Crippen LogP contribution in [-0.4, -0.2) is 27.8 Å². The maximum atomic E-state index is 12.4. The highest BCUT2D eigenvalue weighted by atomic mass is 19.4. The number of H-pyrrole nitrogens is 1. The molecule has 0 spiro atoms. The van der Waals surface area contributed by atoms with Gasteiger partial charge in [-0.2, -0.15) is 13.2 Å². The number of halogens is 3. The van der Waals surface area contributed by atoms with Crippen molar-refractivity contribution in [2.75, 3.05) is 6.61 Å². The lowest BCUT2D eigenvalue weighted by Crippen LogP contribution is -2.06. The van der Waals surface area contributed by atoms with E-state index in [2.05, 4.69) is 15.2 Å². The standard InChI is InChI=1S/C13H12F3N3O2/c1-2-21-12(20)11-17-10(18-19-11)7-8-3-5-9(6-4-8)13(14,15)16/h3-6H,2,7H2,1H3,(H,17,18,19). The number of hydrogen-bond acceptors (Lipinski definition) is 4. The molecule has 112 valence electrons. The molecule has 1 heterocycles. The normalized spacial score (nSPS) is 11.4. The molecule has 0 bridgehead atoms. The number of benzene rings is 1. The second kappa shape index (κ2) is 5.94. The van der Waals surface area contributed by atoms with Crippen LogP contribution in [0.4, 0.5) is 13.2 Å². The van der Waals surface area contributed by atoms with Crippen molar-refractivity contribution >= 4 is 5.97 Å². The van der Waals surface area contributed by atoms with E-state index in [0.717, 1.165) is 12.1 Å². The summed E-state index contributed by atoms with van der Waals surface area (Å²) in [6, 6.07) is 4.71. The topological polar surface area (TPSA) is 67.9 Å². The zero-order chi connectivity index (χ0) is 15.5. The van der Waals surface area contributed by atoms with Crippen molar-refractivity contribution < 1.29 is 22.7 Å². The lowest BCUT2D eigenvalue weighted by molar-refractivity contribution is -0.137. The Morgan fingerprint density at radius 1 is 1.29 bits per heavy atom. The van der Waals surface area contributed by atoms with Crippen LogP contribution < -0.4 is 0 Å². The molecule has 0 fully saturated rings. The molecule has 8 heteroatoms. The highest BCUT2D eigenvalue weighted by molar-refractivity contribution is 5.84. The SMILES string of the molecule is CCOC(=O)c1n[nH]c(Cc2ccc(C(F)(F)F)cc2)n1. The van der Waals surface area contributed by atoms with Crippen LogP contribution in [0.3, 0.4) is 0 Å². The average Bonchev–Trinajstić information content (AvgIpc) is 2.87. The summed E-state index contributed by atoms with van der Waals surface area (Å²) >= 11 is 0. The van der Waals surface area contributed by atoms with Gasteiger partial charge in [-0.05, 0) is 24.6 Å². The van der Waals surface area contributed by atoms with Crippen LogP contribution in [-0.2, 0) is 17.3 Å². The minimum absolute atomic E-state index is 0.0984. The van der Waals surface area contributed by atoms with Gasteiger partial charge in [0.05, 0.1) is 12.2 Å². The van der Waals surface area contributed by atoms with Crippen LogP contribution in [0.2, 0.25) is 0 Å². The Morgan fingerprint density at radius 3 is 2.52 bits per heavy atom. The Morgan fingerprint density at radius 2 is 1.95 bits per heavy atom. The molecule has 0 aliphatic rings. The Balaban J connectivity index is 2.07. The summed E-state index contributed by atoms with van der Waals surface area (Å²) in [6.07, 6.45) is -4.12. The van der Waals surface area contributed by atoms with Crippen LogP contribution in [0, 0.1) is 0 Å². The molecule has 0 atom stereocenters. The third-order valence-electron chi connectivity index (χ3n) is 2.64. The van der Waals surface area contributed by atoms with Crippen LogP contribution in [0.15, 0.2) is 24.3 Å². The minimum atomic E-state index is -4.36. The number of nitrogens with one attached hydrogen (secondary N) is 1. The fourth-order valence-electron chi connectivity index (χ4n) is 1.67. The molecule has 0 aliphatic carbocycles. The molecule has 0 saturated heterocycles. The van der Waals surface area contributed by atoms with E-state index in [1.165, 1.54) is 12.1 Å². The van der Waals surface area contributed by atoms with Gasteiger partial charge in [0.2, 0.25) is 0 Å². The first-order valence-corrected chi connectivity index (χ1v) is 6.14. The lowest BCUT2D eigenvalue weighted by atomic mass is 10.1. The fourth-order valence-corrected chi connectivity index (χ4v) is 1.67. The van der Waals surface area contributed by atoms with E-state index in [9.17, 15) is 18.0 Å². The number of carbonyl (C=O) groups excluding carboxylic acids is 1. The molecule has 0 unspecified atom stereocenters. The Hall–Kier alpha value is -2.38. The molecule has 0 aliphatic heterocycles. The summed E-state index contributed by atoms with van der Waals surface area (Å²) < 4.78 is 42.0. The highest BCUT2D eigenvalue weighted by Crippen LogP contribution is 2.29. The molecular weight excluding hydrogens is 287 g/mol. The largest absolute Gasteiger partial charge is 0.460 e. The number of nitrogens with zero attached hydrogens (tertiary/aromatic N) is 2. The van der Waals surface area contributed by atoms with Crippen LogP contribution in [0.25, 0.3) is 0 Å².